The van der Waals surface area contributed by atoms with E-state index in [2.05, 4.69) is 23.3 Å². The first-order chi connectivity index (χ1) is 8.26. The predicted molar refractivity (Wildman–Crippen MR) is 65.1 cm³/mol. The lowest BCUT2D eigenvalue weighted by Crippen LogP contribution is -2.02. The van der Waals surface area contributed by atoms with Crippen LogP contribution in [-0.2, 0) is 6.42 Å². The van der Waals surface area contributed by atoms with E-state index in [1.807, 2.05) is 12.1 Å². The highest BCUT2D eigenvalue weighted by molar-refractivity contribution is 6.30. The van der Waals surface area contributed by atoms with E-state index >= 15 is 0 Å². The van der Waals surface area contributed by atoms with Crippen molar-refractivity contribution in [2.24, 2.45) is 0 Å². The minimum atomic E-state index is 0.381. The molecule has 17 heavy (non-hydrogen) atoms. The van der Waals surface area contributed by atoms with E-state index in [9.17, 15) is 0 Å². The molecule has 0 aliphatic carbocycles. The number of hydrogen-bond donors (Lipinski definition) is 0. The third-order valence-electron chi connectivity index (χ3n) is 2.41. The van der Waals surface area contributed by atoms with E-state index in [0.29, 0.717) is 10.7 Å². The molecule has 0 N–H and O–H groups in total. The summed E-state index contributed by atoms with van der Waals surface area (Å²) < 4.78 is 1.67. The average Bonchev–Trinajstić information content (AvgIpc) is 2.72. The van der Waals surface area contributed by atoms with Crippen LogP contribution in [0.5, 0.6) is 0 Å². The maximum absolute atomic E-state index is 8.97. The monoisotopic (exact) mass is 246 g/mol. The van der Waals surface area contributed by atoms with Crippen LogP contribution in [-0.4, -0.2) is 15.0 Å². The zero-order valence-electron chi connectivity index (χ0n) is 9.39. The number of nitriles is 1. The highest BCUT2D eigenvalue weighted by Crippen LogP contribution is 2.17. The molecule has 0 aliphatic heterocycles. The fourth-order valence-corrected chi connectivity index (χ4v) is 1.85. The van der Waals surface area contributed by atoms with Crippen molar-refractivity contribution >= 4 is 11.6 Å². The van der Waals surface area contributed by atoms with Crippen LogP contribution in [0, 0.1) is 11.3 Å². The Hall–Kier alpha value is -1.86. The van der Waals surface area contributed by atoms with Crippen LogP contribution in [0.1, 0.15) is 24.7 Å². The van der Waals surface area contributed by atoms with Crippen LogP contribution >= 0.6 is 11.6 Å². The van der Waals surface area contributed by atoms with Crippen molar-refractivity contribution in [2.45, 2.75) is 19.8 Å². The van der Waals surface area contributed by atoms with Crippen molar-refractivity contribution in [3.63, 3.8) is 0 Å². The topological polar surface area (TPSA) is 54.5 Å². The molecule has 2 aromatic rings. The quantitative estimate of drug-likeness (QED) is 0.837. The van der Waals surface area contributed by atoms with E-state index in [-0.39, 0.29) is 0 Å². The van der Waals surface area contributed by atoms with Crippen LogP contribution < -0.4 is 0 Å². The molecule has 0 saturated carbocycles. The Morgan fingerprint density at radius 3 is 2.94 bits per heavy atom. The van der Waals surface area contributed by atoms with Crippen molar-refractivity contribution in [1.29, 1.82) is 5.26 Å². The fourth-order valence-electron chi connectivity index (χ4n) is 1.66. The molecule has 0 radical (unpaired) electrons. The van der Waals surface area contributed by atoms with Crippen LogP contribution in [0.2, 0.25) is 5.02 Å². The summed E-state index contributed by atoms with van der Waals surface area (Å²) in [5, 5.41) is 17.5. The summed E-state index contributed by atoms with van der Waals surface area (Å²) >= 11 is 5.94. The molecule has 1 heterocycles. The van der Waals surface area contributed by atoms with Gasteiger partial charge in [0.1, 0.15) is 6.07 Å². The first-order valence-corrected chi connectivity index (χ1v) is 5.74. The predicted octanol–water partition coefficient (Wildman–Crippen LogP) is 2.74. The molecule has 4 nitrogen and oxygen atoms in total. The Labute approximate surface area is 104 Å². The molecule has 0 saturated heterocycles. The zero-order chi connectivity index (χ0) is 12.3. The standard InChI is InChI=1S/C12H11ClN4/c1-2-4-12-11(8-14)15-16-17(12)10-6-3-5-9(13)7-10/h3,5-7H,2,4H2,1H3. The largest absolute Gasteiger partial charge is 0.216 e. The molecule has 0 atom stereocenters. The Balaban J connectivity index is 2.52. The van der Waals surface area contributed by atoms with Gasteiger partial charge in [0.05, 0.1) is 11.4 Å². The number of halogens is 1. The molecule has 0 spiro atoms. The first kappa shape index (κ1) is 11.6. The molecule has 5 heteroatoms. The number of nitrogens with zero attached hydrogens (tertiary/aromatic N) is 4. The molecule has 0 unspecified atom stereocenters. The van der Waals surface area contributed by atoms with Gasteiger partial charge in [-0.05, 0) is 24.6 Å². The molecular formula is C12H11ClN4. The number of aromatic nitrogens is 3. The molecule has 1 aromatic carbocycles. The van der Waals surface area contributed by atoms with Crippen molar-refractivity contribution < 1.29 is 0 Å². The van der Waals surface area contributed by atoms with Gasteiger partial charge in [-0.15, -0.1) is 5.10 Å². The summed E-state index contributed by atoms with van der Waals surface area (Å²) in [7, 11) is 0. The fraction of sp³-hybridized carbons (Fsp3) is 0.250. The first-order valence-electron chi connectivity index (χ1n) is 5.37. The molecule has 2 rings (SSSR count). The molecule has 0 fully saturated rings. The maximum Gasteiger partial charge on any atom is 0.186 e. The van der Waals surface area contributed by atoms with E-state index in [1.54, 1.807) is 16.8 Å². The van der Waals surface area contributed by atoms with Gasteiger partial charge in [0.15, 0.2) is 5.69 Å². The number of hydrogen-bond acceptors (Lipinski definition) is 3. The molecule has 86 valence electrons. The lowest BCUT2D eigenvalue weighted by atomic mass is 10.2. The molecular weight excluding hydrogens is 236 g/mol. The van der Waals surface area contributed by atoms with Crippen molar-refractivity contribution in [3.05, 3.63) is 40.7 Å². The van der Waals surface area contributed by atoms with E-state index in [0.717, 1.165) is 24.2 Å². The maximum atomic E-state index is 8.97. The second-order valence-electron chi connectivity index (χ2n) is 3.64. The van der Waals surface area contributed by atoms with Crippen molar-refractivity contribution in [2.75, 3.05) is 0 Å². The van der Waals surface area contributed by atoms with Gasteiger partial charge >= 0.3 is 0 Å². The van der Waals surface area contributed by atoms with Crippen LogP contribution in [0.25, 0.3) is 5.69 Å². The zero-order valence-corrected chi connectivity index (χ0v) is 10.1. The summed E-state index contributed by atoms with van der Waals surface area (Å²) in [6.45, 7) is 2.05. The second kappa shape index (κ2) is 4.98. The Morgan fingerprint density at radius 1 is 1.47 bits per heavy atom. The SMILES string of the molecule is CCCc1c(C#N)nnn1-c1cccc(Cl)c1. The van der Waals surface area contributed by atoms with Crippen LogP contribution in [0.3, 0.4) is 0 Å². The summed E-state index contributed by atoms with van der Waals surface area (Å²) in [5.41, 5.74) is 2.04. The molecule has 1 aromatic heterocycles. The Bertz CT molecular complexity index is 568. The van der Waals surface area contributed by atoms with Gasteiger partial charge in [-0.2, -0.15) is 5.26 Å². The van der Waals surface area contributed by atoms with Crippen LogP contribution in [0.15, 0.2) is 24.3 Å². The van der Waals surface area contributed by atoms with E-state index in [1.165, 1.54) is 0 Å². The van der Waals surface area contributed by atoms with Gasteiger partial charge in [-0.1, -0.05) is 36.2 Å². The molecule has 0 amide bonds. The third-order valence-corrected chi connectivity index (χ3v) is 2.64. The van der Waals surface area contributed by atoms with Gasteiger partial charge in [0, 0.05) is 5.02 Å². The number of rotatable bonds is 3. The van der Waals surface area contributed by atoms with Gasteiger partial charge in [-0.25, -0.2) is 4.68 Å². The highest BCUT2D eigenvalue weighted by atomic mass is 35.5. The van der Waals surface area contributed by atoms with Gasteiger partial charge in [-0.3, -0.25) is 0 Å². The third kappa shape index (κ3) is 2.29. The lowest BCUT2D eigenvalue weighted by Gasteiger charge is -2.05. The van der Waals surface area contributed by atoms with E-state index < -0.39 is 0 Å². The molecule has 0 aliphatic rings. The van der Waals surface area contributed by atoms with Gasteiger partial charge in [0.25, 0.3) is 0 Å². The van der Waals surface area contributed by atoms with Gasteiger partial charge in [0.2, 0.25) is 0 Å². The minimum Gasteiger partial charge on any atom is -0.216 e. The normalized spacial score (nSPS) is 10.2. The average molecular weight is 247 g/mol. The number of benzene rings is 1. The summed E-state index contributed by atoms with van der Waals surface area (Å²) in [4.78, 5) is 0. The lowest BCUT2D eigenvalue weighted by molar-refractivity contribution is 0.745. The van der Waals surface area contributed by atoms with Crippen LogP contribution in [0.4, 0.5) is 0 Å². The minimum absolute atomic E-state index is 0.381. The summed E-state index contributed by atoms with van der Waals surface area (Å²) in [6, 6.07) is 9.40. The molecule has 0 bridgehead atoms. The van der Waals surface area contributed by atoms with Gasteiger partial charge < -0.3 is 0 Å². The summed E-state index contributed by atoms with van der Waals surface area (Å²) in [6.07, 6.45) is 1.70. The van der Waals surface area contributed by atoms with E-state index in [4.69, 9.17) is 16.9 Å². The summed E-state index contributed by atoms with van der Waals surface area (Å²) in [5.74, 6) is 0. The van der Waals surface area contributed by atoms with Crippen molar-refractivity contribution in [1.82, 2.24) is 15.0 Å². The Morgan fingerprint density at radius 2 is 2.29 bits per heavy atom. The smallest absolute Gasteiger partial charge is 0.186 e. The second-order valence-corrected chi connectivity index (χ2v) is 4.07. The van der Waals surface area contributed by atoms with Crippen molar-refractivity contribution in [3.8, 4) is 11.8 Å². The Kier molecular flexibility index (Phi) is 3.40. The highest BCUT2D eigenvalue weighted by Gasteiger charge is 2.12.